The topological polar surface area (TPSA) is 105 Å². The van der Waals surface area contributed by atoms with Gasteiger partial charge >= 0.3 is 0 Å². The first-order valence-corrected chi connectivity index (χ1v) is 8.23. The van der Waals surface area contributed by atoms with Crippen molar-refractivity contribution in [2.75, 3.05) is 6.54 Å². The van der Waals surface area contributed by atoms with Crippen LogP contribution in [0.5, 0.6) is 0 Å². The van der Waals surface area contributed by atoms with Gasteiger partial charge in [-0.1, -0.05) is 35.5 Å². The number of hydrogen-bond acceptors (Lipinski definition) is 6. The fraction of sp³-hybridized carbons (Fsp3) is 0.105. The van der Waals surface area contributed by atoms with Crippen molar-refractivity contribution in [1.82, 2.24) is 20.4 Å². The van der Waals surface area contributed by atoms with Crippen molar-refractivity contribution in [3.63, 3.8) is 0 Å². The Bertz CT molecular complexity index is 994. The minimum atomic E-state index is -0.490. The summed E-state index contributed by atoms with van der Waals surface area (Å²) in [7, 11) is 0. The van der Waals surface area contributed by atoms with Gasteiger partial charge in [0.15, 0.2) is 5.82 Å². The van der Waals surface area contributed by atoms with Gasteiger partial charge in [0.2, 0.25) is 5.91 Å². The molecule has 0 aliphatic carbocycles. The molecule has 2 heterocycles. The lowest BCUT2D eigenvalue weighted by Crippen LogP contribution is -2.40. The predicted molar refractivity (Wildman–Crippen MR) is 93.4 cm³/mol. The summed E-state index contributed by atoms with van der Waals surface area (Å²) in [6.07, 6.45) is 0. The Morgan fingerprint density at radius 1 is 0.963 bits per heavy atom. The second kappa shape index (κ2) is 6.83. The standard InChI is InChI=1S/C19H14N4O4/c24-16(11-23-18(25)13-8-4-5-9-14(13)19(23)26)20-10-15-21-17(27-22-15)12-6-2-1-3-7-12/h1-9H,10-11H2,(H,20,24). The van der Waals surface area contributed by atoms with Crippen LogP contribution in [0.25, 0.3) is 11.5 Å². The van der Waals surface area contributed by atoms with E-state index in [1.54, 1.807) is 24.3 Å². The van der Waals surface area contributed by atoms with Gasteiger partial charge in [-0.3, -0.25) is 19.3 Å². The molecular weight excluding hydrogens is 348 g/mol. The third kappa shape index (κ3) is 3.20. The zero-order valence-corrected chi connectivity index (χ0v) is 14.1. The Labute approximate surface area is 153 Å². The van der Waals surface area contributed by atoms with Crippen LogP contribution in [0.1, 0.15) is 26.5 Å². The summed E-state index contributed by atoms with van der Waals surface area (Å²) in [5.41, 5.74) is 1.38. The van der Waals surface area contributed by atoms with Crippen LogP contribution in [-0.2, 0) is 11.3 Å². The average molecular weight is 362 g/mol. The van der Waals surface area contributed by atoms with E-state index >= 15 is 0 Å². The molecule has 0 unspecified atom stereocenters. The molecule has 3 aromatic rings. The van der Waals surface area contributed by atoms with Crippen LogP contribution in [0, 0.1) is 0 Å². The summed E-state index contributed by atoms with van der Waals surface area (Å²) in [5, 5.41) is 6.40. The molecule has 0 atom stereocenters. The number of aromatic nitrogens is 2. The fourth-order valence-electron chi connectivity index (χ4n) is 2.78. The van der Waals surface area contributed by atoms with E-state index in [1.807, 2.05) is 30.3 Å². The smallest absolute Gasteiger partial charge is 0.262 e. The second-order valence-corrected chi connectivity index (χ2v) is 5.90. The molecule has 0 bridgehead atoms. The van der Waals surface area contributed by atoms with Crippen molar-refractivity contribution in [3.05, 3.63) is 71.5 Å². The minimum Gasteiger partial charge on any atom is -0.347 e. The quantitative estimate of drug-likeness (QED) is 0.692. The summed E-state index contributed by atoms with van der Waals surface area (Å²) in [6.45, 7) is -0.339. The van der Waals surface area contributed by atoms with Crippen molar-refractivity contribution >= 4 is 17.7 Å². The summed E-state index contributed by atoms with van der Waals surface area (Å²) in [5.74, 6) is -0.798. The first-order chi connectivity index (χ1) is 13.1. The van der Waals surface area contributed by atoms with Crippen LogP contribution in [0.4, 0.5) is 0 Å². The van der Waals surface area contributed by atoms with Crippen LogP contribution in [0.15, 0.2) is 59.1 Å². The molecule has 0 fully saturated rings. The predicted octanol–water partition coefficient (Wildman–Crippen LogP) is 1.65. The van der Waals surface area contributed by atoms with Gasteiger partial charge in [-0.15, -0.1) is 0 Å². The van der Waals surface area contributed by atoms with Crippen LogP contribution in [0.3, 0.4) is 0 Å². The molecule has 1 N–H and O–H groups in total. The highest BCUT2D eigenvalue weighted by Crippen LogP contribution is 2.22. The van der Waals surface area contributed by atoms with Gasteiger partial charge in [-0.2, -0.15) is 4.98 Å². The van der Waals surface area contributed by atoms with Gasteiger partial charge in [0, 0.05) is 5.56 Å². The van der Waals surface area contributed by atoms with Crippen molar-refractivity contribution in [1.29, 1.82) is 0 Å². The van der Waals surface area contributed by atoms with Crippen molar-refractivity contribution in [2.45, 2.75) is 6.54 Å². The molecule has 4 rings (SSSR count). The molecular formula is C19H14N4O4. The second-order valence-electron chi connectivity index (χ2n) is 5.90. The number of imide groups is 1. The minimum absolute atomic E-state index is 0.0261. The third-order valence-electron chi connectivity index (χ3n) is 4.11. The normalized spacial score (nSPS) is 13.0. The number of amides is 3. The maximum absolute atomic E-state index is 12.3. The van der Waals surface area contributed by atoms with Gasteiger partial charge in [0.05, 0.1) is 17.7 Å². The number of carbonyl (C=O) groups is 3. The van der Waals surface area contributed by atoms with E-state index in [0.717, 1.165) is 10.5 Å². The van der Waals surface area contributed by atoms with Gasteiger partial charge in [-0.05, 0) is 24.3 Å². The number of fused-ring (bicyclic) bond motifs is 1. The Kier molecular flexibility index (Phi) is 4.21. The summed E-state index contributed by atoms with van der Waals surface area (Å²) >= 11 is 0. The van der Waals surface area contributed by atoms with E-state index in [1.165, 1.54) is 0 Å². The summed E-state index contributed by atoms with van der Waals surface area (Å²) in [4.78, 5) is 41.8. The van der Waals surface area contributed by atoms with Gasteiger partial charge in [0.25, 0.3) is 17.7 Å². The van der Waals surface area contributed by atoms with Crippen molar-refractivity contribution in [2.24, 2.45) is 0 Å². The number of nitrogens with one attached hydrogen (secondary N) is 1. The third-order valence-corrected chi connectivity index (χ3v) is 4.11. The number of carbonyl (C=O) groups excluding carboxylic acids is 3. The molecule has 1 aliphatic heterocycles. The molecule has 3 amide bonds. The Hall–Kier alpha value is -3.81. The zero-order valence-electron chi connectivity index (χ0n) is 14.1. The first-order valence-electron chi connectivity index (χ1n) is 8.23. The Morgan fingerprint density at radius 3 is 2.26 bits per heavy atom. The molecule has 0 saturated heterocycles. The molecule has 27 heavy (non-hydrogen) atoms. The molecule has 0 radical (unpaired) electrons. The molecule has 1 aliphatic rings. The Balaban J connectivity index is 1.37. The largest absolute Gasteiger partial charge is 0.347 e. The van der Waals surface area contributed by atoms with E-state index < -0.39 is 17.7 Å². The number of benzene rings is 2. The van der Waals surface area contributed by atoms with E-state index in [4.69, 9.17) is 4.52 Å². The highest BCUT2D eigenvalue weighted by molar-refractivity contribution is 6.22. The molecule has 0 saturated carbocycles. The maximum atomic E-state index is 12.3. The number of nitrogens with zero attached hydrogens (tertiary/aromatic N) is 3. The number of hydrogen-bond donors (Lipinski definition) is 1. The highest BCUT2D eigenvalue weighted by atomic mass is 16.5. The molecule has 2 aromatic carbocycles. The lowest BCUT2D eigenvalue weighted by atomic mass is 10.1. The lowest BCUT2D eigenvalue weighted by Gasteiger charge is -2.12. The number of rotatable bonds is 5. The van der Waals surface area contributed by atoms with E-state index in [2.05, 4.69) is 15.5 Å². The SMILES string of the molecule is O=C(CN1C(=O)c2ccccc2C1=O)NCc1noc(-c2ccccc2)n1. The van der Waals surface area contributed by atoms with Crippen molar-refractivity contribution < 1.29 is 18.9 Å². The summed E-state index contributed by atoms with van der Waals surface area (Å²) in [6, 6.07) is 15.7. The lowest BCUT2D eigenvalue weighted by molar-refractivity contribution is -0.121. The zero-order chi connectivity index (χ0) is 18.8. The summed E-state index contributed by atoms with van der Waals surface area (Å²) < 4.78 is 5.16. The molecule has 1 aromatic heterocycles. The molecule has 8 nitrogen and oxygen atoms in total. The van der Waals surface area contributed by atoms with E-state index in [9.17, 15) is 14.4 Å². The fourth-order valence-corrected chi connectivity index (χ4v) is 2.78. The van der Waals surface area contributed by atoms with Crippen LogP contribution < -0.4 is 5.32 Å². The Morgan fingerprint density at radius 2 is 1.59 bits per heavy atom. The van der Waals surface area contributed by atoms with E-state index in [-0.39, 0.29) is 13.1 Å². The van der Waals surface area contributed by atoms with Crippen LogP contribution >= 0.6 is 0 Å². The van der Waals surface area contributed by atoms with Gasteiger partial charge < -0.3 is 9.84 Å². The highest BCUT2D eigenvalue weighted by Gasteiger charge is 2.36. The van der Waals surface area contributed by atoms with Gasteiger partial charge in [-0.25, -0.2) is 0 Å². The molecule has 8 heteroatoms. The van der Waals surface area contributed by atoms with Crippen LogP contribution in [0.2, 0.25) is 0 Å². The maximum Gasteiger partial charge on any atom is 0.262 e. The molecule has 134 valence electrons. The average Bonchev–Trinajstić information content (AvgIpc) is 3.27. The van der Waals surface area contributed by atoms with Crippen molar-refractivity contribution in [3.8, 4) is 11.5 Å². The van der Waals surface area contributed by atoms with Crippen LogP contribution in [-0.4, -0.2) is 39.3 Å². The van der Waals surface area contributed by atoms with Gasteiger partial charge in [0.1, 0.15) is 6.54 Å². The first kappa shape index (κ1) is 16.6. The monoisotopic (exact) mass is 362 g/mol. The van der Waals surface area contributed by atoms with E-state index in [0.29, 0.717) is 22.8 Å². The molecule has 0 spiro atoms.